The van der Waals surface area contributed by atoms with Crippen LogP contribution in [0.1, 0.15) is 19.3 Å². The number of carbonyl (C=O) groups is 1. The predicted octanol–water partition coefficient (Wildman–Crippen LogP) is 3.74. The predicted molar refractivity (Wildman–Crippen MR) is 83.4 cm³/mol. The van der Waals surface area contributed by atoms with Gasteiger partial charge in [0.1, 0.15) is 6.54 Å². The number of amides is 1. The summed E-state index contributed by atoms with van der Waals surface area (Å²) in [7, 11) is 0. The lowest BCUT2D eigenvalue weighted by Crippen LogP contribution is -2.48. The number of ether oxygens (including phenoxy) is 1. The van der Waals surface area contributed by atoms with Crippen LogP contribution in [0, 0.1) is 0 Å². The molecule has 1 heterocycles. The second-order valence-electron chi connectivity index (χ2n) is 5.39. The van der Waals surface area contributed by atoms with Crippen LogP contribution in [0.3, 0.4) is 0 Å². The Hall–Kier alpha value is -1.21. The molecule has 1 amide bonds. The first-order valence-electron chi connectivity index (χ1n) is 7.57. The normalized spacial score (nSPS) is 16.3. The summed E-state index contributed by atoms with van der Waals surface area (Å²) in [5.74, 6) is 0.0399. The van der Waals surface area contributed by atoms with E-state index in [1.54, 1.807) is 0 Å². The largest absolute Gasteiger partial charge is 0.406 e. The maximum atomic E-state index is 12.8. The van der Waals surface area contributed by atoms with Gasteiger partial charge in [0.25, 0.3) is 0 Å². The first-order valence-corrected chi connectivity index (χ1v) is 8.56. The molecule has 0 aliphatic carbocycles. The van der Waals surface area contributed by atoms with Crippen molar-refractivity contribution in [1.29, 1.82) is 0 Å². The Morgan fingerprint density at radius 1 is 1.22 bits per heavy atom. The van der Waals surface area contributed by atoms with Crippen LogP contribution >= 0.6 is 11.8 Å². The van der Waals surface area contributed by atoms with Crippen molar-refractivity contribution in [3.8, 4) is 0 Å². The minimum absolute atomic E-state index is 0.104. The SMILES string of the molecule is O=C(CCSc1ccccc1)N(CC(F)(F)F)C1CCOCC1. The Kier molecular flexibility index (Phi) is 6.77. The molecular formula is C16H20F3NO2S. The molecule has 23 heavy (non-hydrogen) atoms. The second kappa shape index (κ2) is 8.59. The van der Waals surface area contributed by atoms with Crippen LogP contribution in [0.2, 0.25) is 0 Å². The van der Waals surface area contributed by atoms with E-state index in [2.05, 4.69) is 0 Å². The lowest BCUT2D eigenvalue weighted by Gasteiger charge is -2.34. The van der Waals surface area contributed by atoms with E-state index in [1.165, 1.54) is 11.8 Å². The highest BCUT2D eigenvalue weighted by Crippen LogP contribution is 2.24. The van der Waals surface area contributed by atoms with E-state index in [0.29, 0.717) is 31.8 Å². The smallest absolute Gasteiger partial charge is 0.381 e. The Morgan fingerprint density at radius 3 is 2.48 bits per heavy atom. The Balaban J connectivity index is 1.90. The number of alkyl halides is 3. The summed E-state index contributed by atoms with van der Waals surface area (Å²) >= 11 is 1.48. The highest BCUT2D eigenvalue weighted by molar-refractivity contribution is 7.99. The van der Waals surface area contributed by atoms with Gasteiger partial charge < -0.3 is 9.64 Å². The number of nitrogens with zero attached hydrogens (tertiary/aromatic N) is 1. The van der Waals surface area contributed by atoms with Crippen molar-refractivity contribution >= 4 is 17.7 Å². The fraction of sp³-hybridized carbons (Fsp3) is 0.562. The van der Waals surface area contributed by atoms with Gasteiger partial charge in [-0.05, 0) is 25.0 Å². The van der Waals surface area contributed by atoms with Crippen molar-refractivity contribution in [2.45, 2.75) is 36.4 Å². The molecule has 0 atom stereocenters. The summed E-state index contributed by atoms with van der Waals surface area (Å²) in [6.45, 7) is -0.358. The third kappa shape index (κ3) is 6.43. The average Bonchev–Trinajstić information content (AvgIpc) is 2.53. The lowest BCUT2D eigenvalue weighted by molar-refractivity contribution is -0.168. The van der Waals surface area contributed by atoms with Crippen molar-refractivity contribution in [2.24, 2.45) is 0 Å². The molecule has 0 bridgehead atoms. The fourth-order valence-electron chi connectivity index (χ4n) is 2.53. The molecule has 1 fully saturated rings. The third-order valence-corrected chi connectivity index (χ3v) is 4.64. The number of carbonyl (C=O) groups excluding carboxylic acids is 1. The molecule has 0 aromatic heterocycles. The average molecular weight is 347 g/mol. The first-order chi connectivity index (χ1) is 11.0. The van der Waals surface area contributed by atoms with Crippen LogP contribution in [0.15, 0.2) is 35.2 Å². The van der Waals surface area contributed by atoms with E-state index >= 15 is 0 Å². The molecule has 7 heteroatoms. The van der Waals surface area contributed by atoms with E-state index in [4.69, 9.17) is 4.74 Å². The Bertz CT molecular complexity index is 490. The molecule has 3 nitrogen and oxygen atoms in total. The van der Waals surface area contributed by atoms with Gasteiger partial charge in [0.15, 0.2) is 0 Å². The maximum absolute atomic E-state index is 12.8. The van der Waals surface area contributed by atoms with Crippen molar-refractivity contribution in [1.82, 2.24) is 4.90 Å². The maximum Gasteiger partial charge on any atom is 0.406 e. The molecule has 0 spiro atoms. The summed E-state index contributed by atoms with van der Waals surface area (Å²) in [5.41, 5.74) is 0. The monoisotopic (exact) mass is 347 g/mol. The first kappa shape index (κ1) is 18.1. The van der Waals surface area contributed by atoms with Gasteiger partial charge in [0.2, 0.25) is 5.91 Å². The number of hydrogen-bond acceptors (Lipinski definition) is 3. The van der Waals surface area contributed by atoms with Crippen LogP contribution in [-0.4, -0.2) is 48.5 Å². The van der Waals surface area contributed by atoms with E-state index in [0.717, 1.165) is 9.80 Å². The van der Waals surface area contributed by atoms with Crippen LogP contribution in [0.25, 0.3) is 0 Å². The van der Waals surface area contributed by atoms with Gasteiger partial charge in [0.05, 0.1) is 0 Å². The fourth-order valence-corrected chi connectivity index (χ4v) is 3.39. The van der Waals surface area contributed by atoms with Gasteiger partial charge in [-0.15, -0.1) is 11.8 Å². The molecule has 1 saturated heterocycles. The van der Waals surface area contributed by atoms with Crippen molar-refractivity contribution < 1.29 is 22.7 Å². The minimum Gasteiger partial charge on any atom is -0.381 e. The number of hydrogen-bond donors (Lipinski definition) is 0. The highest BCUT2D eigenvalue weighted by atomic mass is 32.2. The van der Waals surface area contributed by atoms with Gasteiger partial charge in [-0.1, -0.05) is 18.2 Å². The van der Waals surface area contributed by atoms with Crippen molar-refractivity contribution in [3.63, 3.8) is 0 Å². The van der Waals surface area contributed by atoms with Crippen LogP contribution in [0.5, 0.6) is 0 Å². The molecule has 1 aliphatic heterocycles. The summed E-state index contributed by atoms with van der Waals surface area (Å²) < 4.78 is 43.5. The third-order valence-electron chi connectivity index (χ3n) is 3.63. The molecule has 1 aromatic carbocycles. The molecule has 0 unspecified atom stereocenters. The van der Waals surface area contributed by atoms with Gasteiger partial charge >= 0.3 is 6.18 Å². The molecule has 0 saturated carbocycles. The number of halogens is 3. The Labute approximate surface area is 138 Å². The standard InChI is InChI=1S/C16H20F3NO2S/c17-16(18,19)12-20(13-6-9-22-10-7-13)15(21)8-11-23-14-4-2-1-3-5-14/h1-5,13H,6-12H2. The molecule has 1 aromatic rings. The number of thioether (sulfide) groups is 1. The van der Waals surface area contributed by atoms with Gasteiger partial charge in [-0.2, -0.15) is 13.2 Å². The van der Waals surface area contributed by atoms with Crippen molar-refractivity contribution in [3.05, 3.63) is 30.3 Å². The van der Waals surface area contributed by atoms with Gasteiger partial charge in [-0.3, -0.25) is 4.79 Å². The Morgan fingerprint density at radius 2 is 1.87 bits per heavy atom. The van der Waals surface area contributed by atoms with E-state index < -0.39 is 18.6 Å². The lowest BCUT2D eigenvalue weighted by atomic mass is 10.1. The molecule has 0 radical (unpaired) electrons. The van der Waals surface area contributed by atoms with Crippen LogP contribution in [-0.2, 0) is 9.53 Å². The zero-order valence-corrected chi connectivity index (χ0v) is 13.5. The molecule has 1 aliphatic rings. The van der Waals surface area contributed by atoms with Gasteiger partial charge in [0, 0.05) is 36.3 Å². The minimum atomic E-state index is -4.37. The molecular weight excluding hydrogens is 327 g/mol. The summed E-state index contributed by atoms with van der Waals surface area (Å²) in [4.78, 5) is 14.3. The molecule has 2 rings (SSSR count). The number of rotatable bonds is 6. The summed E-state index contributed by atoms with van der Waals surface area (Å²) in [6.07, 6.45) is -3.34. The topological polar surface area (TPSA) is 29.5 Å². The van der Waals surface area contributed by atoms with E-state index in [9.17, 15) is 18.0 Å². The number of benzene rings is 1. The zero-order valence-electron chi connectivity index (χ0n) is 12.7. The quantitative estimate of drug-likeness (QED) is 0.734. The summed E-state index contributed by atoms with van der Waals surface area (Å²) in [6, 6.07) is 9.14. The van der Waals surface area contributed by atoms with Crippen molar-refractivity contribution in [2.75, 3.05) is 25.5 Å². The van der Waals surface area contributed by atoms with Crippen LogP contribution in [0.4, 0.5) is 13.2 Å². The zero-order chi connectivity index (χ0) is 16.7. The van der Waals surface area contributed by atoms with E-state index in [1.807, 2.05) is 30.3 Å². The molecule has 0 N–H and O–H groups in total. The van der Waals surface area contributed by atoms with E-state index in [-0.39, 0.29) is 12.5 Å². The molecule has 128 valence electrons. The van der Waals surface area contributed by atoms with Crippen LogP contribution < -0.4 is 0 Å². The second-order valence-corrected chi connectivity index (χ2v) is 6.56. The summed E-state index contributed by atoms with van der Waals surface area (Å²) in [5, 5.41) is 0. The highest BCUT2D eigenvalue weighted by Gasteiger charge is 2.36. The van der Waals surface area contributed by atoms with Gasteiger partial charge in [-0.25, -0.2) is 0 Å².